The van der Waals surface area contributed by atoms with E-state index in [1.165, 1.54) is 37.4 Å². The maximum Gasteiger partial charge on any atom is 0.387 e. The van der Waals surface area contributed by atoms with E-state index in [0.717, 1.165) is 0 Å². The summed E-state index contributed by atoms with van der Waals surface area (Å²) in [7, 11) is -2.42. The highest BCUT2D eigenvalue weighted by Crippen LogP contribution is 2.23. The number of carbonyl (C=O) groups excluding carboxylic acids is 1. The Hall–Kier alpha value is -2.52. The number of ether oxygens (including phenoxy) is 1. The van der Waals surface area contributed by atoms with Crippen LogP contribution in [0.5, 0.6) is 5.75 Å². The van der Waals surface area contributed by atoms with Gasteiger partial charge in [-0.15, -0.1) is 0 Å². The summed E-state index contributed by atoms with van der Waals surface area (Å²) >= 11 is 0. The number of amides is 1. The van der Waals surface area contributed by atoms with Crippen LogP contribution in [-0.4, -0.2) is 28.0 Å². The third kappa shape index (κ3) is 4.55. The number of carbonyl (C=O) groups is 1. The molecule has 2 N–H and O–H groups in total. The first-order chi connectivity index (χ1) is 12.1. The Kier molecular flexibility index (Phi) is 5.94. The molecule has 0 unspecified atom stereocenters. The zero-order valence-corrected chi connectivity index (χ0v) is 15.2. The van der Waals surface area contributed by atoms with Crippen molar-refractivity contribution in [3.8, 4) is 5.75 Å². The molecule has 0 heterocycles. The predicted molar refractivity (Wildman–Crippen MR) is 93.2 cm³/mol. The van der Waals surface area contributed by atoms with Gasteiger partial charge >= 0.3 is 6.61 Å². The van der Waals surface area contributed by atoms with E-state index in [2.05, 4.69) is 14.8 Å². The maximum absolute atomic E-state index is 12.4. The summed E-state index contributed by atoms with van der Waals surface area (Å²) in [5.41, 5.74) is 1.71. The van der Waals surface area contributed by atoms with Crippen molar-refractivity contribution in [1.82, 2.24) is 4.72 Å². The lowest BCUT2D eigenvalue weighted by atomic mass is 10.1. The molecule has 0 spiro atoms. The van der Waals surface area contributed by atoms with Crippen LogP contribution >= 0.6 is 0 Å². The van der Waals surface area contributed by atoms with E-state index in [-0.39, 0.29) is 16.2 Å². The van der Waals surface area contributed by atoms with Gasteiger partial charge in [0.05, 0.1) is 4.90 Å². The van der Waals surface area contributed by atoms with Crippen LogP contribution in [0.15, 0.2) is 41.3 Å². The molecule has 0 aliphatic carbocycles. The van der Waals surface area contributed by atoms with E-state index in [0.29, 0.717) is 16.8 Å². The molecule has 26 heavy (non-hydrogen) atoms. The van der Waals surface area contributed by atoms with Gasteiger partial charge in [-0.3, -0.25) is 4.79 Å². The van der Waals surface area contributed by atoms with E-state index < -0.39 is 22.5 Å². The second-order valence-electron chi connectivity index (χ2n) is 5.48. The van der Waals surface area contributed by atoms with Crippen molar-refractivity contribution in [3.63, 3.8) is 0 Å². The quantitative estimate of drug-likeness (QED) is 0.802. The first kappa shape index (κ1) is 19.8. The van der Waals surface area contributed by atoms with E-state index >= 15 is 0 Å². The van der Waals surface area contributed by atoms with Crippen LogP contribution in [0.2, 0.25) is 0 Å². The molecule has 1 amide bonds. The molecule has 2 rings (SSSR count). The van der Waals surface area contributed by atoms with Gasteiger partial charge in [0, 0.05) is 11.3 Å². The van der Waals surface area contributed by atoms with Crippen LogP contribution in [-0.2, 0) is 10.0 Å². The van der Waals surface area contributed by atoms with Crippen molar-refractivity contribution in [2.24, 2.45) is 0 Å². The molecule has 2 aromatic carbocycles. The lowest BCUT2D eigenvalue weighted by Crippen LogP contribution is -2.21. The molecule has 0 aliphatic rings. The summed E-state index contributed by atoms with van der Waals surface area (Å²) in [6, 6.07) is 8.26. The van der Waals surface area contributed by atoms with Crippen molar-refractivity contribution in [1.29, 1.82) is 0 Å². The number of hydrogen-bond acceptors (Lipinski definition) is 4. The number of rotatable bonds is 6. The van der Waals surface area contributed by atoms with Gasteiger partial charge in [-0.25, -0.2) is 13.1 Å². The molecule has 140 valence electrons. The molecule has 9 heteroatoms. The minimum Gasteiger partial charge on any atom is -0.435 e. The van der Waals surface area contributed by atoms with Gasteiger partial charge in [0.2, 0.25) is 10.0 Å². The summed E-state index contributed by atoms with van der Waals surface area (Å²) in [5, 5.41) is 2.58. The standard InChI is InChI=1S/C17H18F2N2O4S/c1-10-8-12(9-15(11(10)2)26(23,24)20-3)16(22)21-13-4-6-14(7-5-13)25-17(18)19/h4-9,17,20H,1-3H3,(H,21,22). The van der Waals surface area contributed by atoms with E-state index in [4.69, 9.17) is 0 Å². The van der Waals surface area contributed by atoms with Crippen LogP contribution in [0, 0.1) is 13.8 Å². The van der Waals surface area contributed by atoms with Gasteiger partial charge in [0.15, 0.2) is 0 Å². The Bertz CT molecular complexity index is 913. The molecule has 0 aliphatic heterocycles. The van der Waals surface area contributed by atoms with Gasteiger partial charge in [-0.2, -0.15) is 8.78 Å². The Morgan fingerprint density at radius 3 is 2.27 bits per heavy atom. The number of anilines is 1. The SMILES string of the molecule is CNS(=O)(=O)c1cc(C(=O)Nc2ccc(OC(F)F)cc2)cc(C)c1C. The second kappa shape index (κ2) is 7.79. The highest BCUT2D eigenvalue weighted by atomic mass is 32.2. The molecule has 0 fully saturated rings. The monoisotopic (exact) mass is 384 g/mol. The maximum atomic E-state index is 12.4. The van der Waals surface area contributed by atoms with Crippen molar-refractivity contribution >= 4 is 21.6 Å². The highest BCUT2D eigenvalue weighted by Gasteiger charge is 2.19. The van der Waals surface area contributed by atoms with Crippen LogP contribution < -0.4 is 14.8 Å². The van der Waals surface area contributed by atoms with Crippen LogP contribution in [0.25, 0.3) is 0 Å². The van der Waals surface area contributed by atoms with Gasteiger partial charge in [0.1, 0.15) is 5.75 Å². The minimum absolute atomic E-state index is 0.0193. The molecular formula is C17H18F2N2O4S. The summed E-state index contributed by atoms with van der Waals surface area (Å²) in [4.78, 5) is 12.4. The Balaban J connectivity index is 2.27. The van der Waals surface area contributed by atoms with Gasteiger partial charge in [-0.05, 0) is 68.4 Å². The molecule has 0 saturated heterocycles. The van der Waals surface area contributed by atoms with Crippen molar-refractivity contribution in [2.45, 2.75) is 25.4 Å². The van der Waals surface area contributed by atoms with Crippen molar-refractivity contribution in [3.05, 3.63) is 53.1 Å². The number of sulfonamides is 1. The summed E-state index contributed by atoms with van der Waals surface area (Å²) in [6.45, 7) is 0.429. The molecule has 0 aromatic heterocycles. The predicted octanol–water partition coefficient (Wildman–Crippen LogP) is 3.07. The smallest absolute Gasteiger partial charge is 0.387 e. The van der Waals surface area contributed by atoms with Crippen LogP contribution in [0.4, 0.5) is 14.5 Å². The van der Waals surface area contributed by atoms with Gasteiger partial charge in [-0.1, -0.05) is 0 Å². The molecule has 0 bridgehead atoms. The summed E-state index contributed by atoms with van der Waals surface area (Å²) in [6.07, 6.45) is 0. The minimum atomic E-state index is -3.71. The number of hydrogen-bond donors (Lipinski definition) is 2. The zero-order chi connectivity index (χ0) is 19.5. The normalized spacial score (nSPS) is 11.5. The summed E-state index contributed by atoms with van der Waals surface area (Å²) in [5.74, 6) is -0.560. The number of alkyl halides is 2. The molecule has 0 radical (unpaired) electrons. The Morgan fingerprint density at radius 1 is 1.12 bits per heavy atom. The first-order valence-corrected chi connectivity index (χ1v) is 9.03. The third-order valence-corrected chi connectivity index (χ3v) is 5.32. The zero-order valence-electron chi connectivity index (χ0n) is 14.3. The molecule has 0 atom stereocenters. The average Bonchev–Trinajstić information content (AvgIpc) is 2.58. The lowest BCUT2D eigenvalue weighted by Gasteiger charge is -2.13. The van der Waals surface area contributed by atoms with Gasteiger partial charge < -0.3 is 10.1 Å². The number of aryl methyl sites for hydroxylation is 1. The van der Waals surface area contributed by atoms with Crippen LogP contribution in [0.1, 0.15) is 21.5 Å². The van der Waals surface area contributed by atoms with Crippen molar-refractivity contribution in [2.75, 3.05) is 12.4 Å². The largest absolute Gasteiger partial charge is 0.435 e. The summed E-state index contributed by atoms with van der Waals surface area (Å²) < 4.78 is 55.0. The van der Waals surface area contributed by atoms with E-state index in [9.17, 15) is 22.0 Å². The first-order valence-electron chi connectivity index (χ1n) is 7.55. The number of benzene rings is 2. The van der Waals surface area contributed by atoms with E-state index in [1.807, 2.05) is 0 Å². The fourth-order valence-electron chi connectivity index (χ4n) is 2.27. The molecule has 2 aromatic rings. The van der Waals surface area contributed by atoms with Gasteiger partial charge in [0.25, 0.3) is 5.91 Å². The van der Waals surface area contributed by atoms with Crippen LogP contribution in [0.3, 0.4) is 0 Å². The molecular weight excluding hydrogens is 366 g/mol. The van der Waals surface area contributed by atoms with E-state index in [1.54, 1.807) is 19.9 Å². The third-order valence-electron chi connectivity index (χ3n) is 3.78. The van der Waals surface area contributed by atoms with Crippen molar-refractivity contribution < 1.29 is 26.7 Å². The fourth-order valence-corrected chi connectivity index (χ4v) is 3.34. The highest BCUT2D eigenvalue weighted by molar-refractivity contribution is 7.89. The Labute approximate surface area is 150 Å². The Morgan fingerprint density at radius 2 is 1.73 bits per heavy atom. The topological polar surface area (TPSA) is 84.5 Å². The fraction of sp³-hybridized carbons (Fsp3) is 0.235. The molecule has 0 saturated carbocycles. The number of nitrogens with one attached hydrogen (secondary N) is 2. The second-order valence-corrected chi connectivity index (χ2v) is 7.34. The lowest BCUT2D eigenvalue weighted by molar-refractivity contribution is -0.0498. The average molecular weight is 384 g/mol. The molecule has 6 nitrogen and oxygen atoms in total. The number of halogens is 2.